The van der Waals surface area contributed by atoms with Crippen molar-refractivity contribution in [1.82, 2.24) is 10.0 Å². The number of thiol groups is 1. The van der Waals surface area contributed by atoms with E-state index in [0.717, 1.165) is 43.4 Å². The van der Waals surface area contributed by atoms with Crippen molar-refractivity contribution in [2.24, 2.45) is 0 Å². The molecule has 1 saturated carbocycles. The fourth-order valence-electron chi connectivity index (χ4n) is 4.84. The number of benzene rings is 2. The van der Waals surface area contributed by atoms with Crippen LogP contribution in [0.2, 0.25) is 0 Å². The van der Waals surface area contributed by atoms with Gasteiger partial charge in [0.25, 0.3) is 0 Å². The maximum Gasteiger partial charge on any atom is 0.201 e. The van der Waals surface area contributed by atoms with Crippen LogP contribution in [0.4, 0.5) is 4.39 Å². The van der Waals surface area contributed by atoms with Gasteiger partial charge in [0, 0.05) is 23.9 Å². The quantitative estimate of drug-likeness (QED) is 0.533. The number of halogens is 1. The average molecular weight is 433 g/mol. The van der Waals surface area contributed by atoms with Crippen LogP contribution in [0.3, 0.4) is 0 Å². The molecule has 0 aliphatic heterocycles. The van der Waals surface area contributed by atoms with E-state index < -0.39 is 10.9 Å². The molecule has 2 unspecified atom stereocenters. The number of hydrogen-bond donors (Lipinski definition) is 3. The lowest BCUT2D eigenvalue weighted by Gasteiger charge is -2.40. The lowest BCUT2D eigenvalue weighted by molar-refractivity contribution is 0.166. The monoisotopic (exact) mass is 432 g/mol. The molecule has 2 N–H and O–H groups in total. The molecule has 0 bridgehead atoms. The first-order valence-electron chi connectivity index (χ1n) is 10.6. The van der Waals surface area contributed by atoms with Gasteiger partial charge in [-0.2, -0.15) is 0 Å². The molecular weight excluding hydrogens is 403 g/mol. The van der Waals surface area contributed by atoms with Crippen LogP contribution in [0.25, 0.3) is 0 Å². The van der Waals surface area contributed by atoms with Crippen LogP contribution in [0.15, 0.2) is 42.5 Å². The zero-order valence-corrected chi connectivity index (χ0v) is 18.1. The summed E-state index contributed by atoms with van der Waals surface area (Å²) in [4.78, 5) is 0. The minimum absolute atomic E-state index is 0.206. The highest BCUT2D eigenvalue weighted by Crippen LogP contribution is 2.39. The number of ether oxygens (including phenoxy) is 1. The summed E-state index contributed by atoms with van der Waals surface area (Å²) in [6, 6.07) is 13.3. The van der Waals surface area contributed by atoms with Crippen molar-refractivity contribution in [1.29, 1.82) is 0 Å². The first kappa shape index (κ1) is 21.3. The molecule has 0 spiro atoms. The normalized spacial score (nSPS) is 22.0. The van der Waals surface area contributed by atoms with Gasteiger partial charge in [-0.25, -0.2) is 17.5 Å². The molecule has 0 amide bonds. The molecule has 5 nitrogen and oxygen atoms in total. The van der Waals surface area contributed by atoms with Crippen LogP contribution in [0.5, 0.6) is 5.75 Å². The third-order valence-electron chi connectivity index (χ3n) is 6.65. The van der Waals surface area contributed by atoms with Gasteiger partial charge in [-0.05, 0) is 80.1 Å². The zero-order chi connectivity index (χ0) is 21.1. The Morgan fingerprint density at radius 3 is 2.70 bits per heavy atom. The van der Waals surface area contributed by atoms with Gasteiger partial charge >= 0.3 is 0 Å². The second-order valence-corrected chi connectivity index (χ2v) is 9.24. The van der Waals surface area contributed by atoms with Gasteiger partial charge in [-0.1, -0.05) is 18.2 Å². The van der Waals surface area contributed by atoms with Crippen molar-refractivity contribution < 1.29 is 17.5 Å². The molecule has 0 heterocycles. The second-order valence-electron chi connectivity index (χ2n) is 8.50. The van der Waals surface area contributed by atoms with Crippen molar-refractivity contribution in [3.8, 4) is 5.75 Å². The van der Waals surface area contributed by atoms with Crippen LogP contribution in [-0.2, 0) is 23.7 Å². The summed E-state index contributed by atoms with van der Waals surface area (Å²) in [5.41, 5.74) is 3.20. The Balaban J connectivity index is 1.45. The van der Waals surface area contributed by atoms with Crippen molar-refractivity contribution in [2.75, 3.05) is 13.7 Å². The summed E-state index contributed by atoms with van der Waals surface area (Å²) in [5, 5.41) is 3.41. The number of fused-ring (bicyclic) bond motifs is 1. The van der Waals surface area contributed by atoms with Crippen molar-refractivity contribution in [3.63, 3.8) is 0 Å². The Morgan fingerprint density at radius 2 is 2.03 bits per heavy atom. The molecule has 4 rings (SSSR count). The van der Waals surface area contributed by atoms with Crippen molar-refractivity contribution in [3.05, 3.63) is 65.0 Å². The summed E-state index contributed by atoms with van der Waals surface area (Å²) >= 11 is 0. The van der Waals surface area contributed by atoms with Gasteiger partial charge < -0.3 is 10.1 Å². The first-order valence-corrected chi connectivity index (χ1v) is 11.8. The van der Waals surface area contributed by atoms with Crippen LogP contribution in [0, 0.1) is 5.82 Å². The molecule has 2 aromatic carbocycles. The summed E-state index contributed by atoms with van der Waals surface area (Å²) in [6.45, 7) is 0.471. The molecule has 7 heteroatoms. The van der Waals surface area contributed by atoms with E-state index in [-0.39, 0.29) is 17.3 Å². The van der Waals surface area contributed by atoms with Crippen molar-refractivity contribution >= 4 is 10.9 Å². The van der Waals surface area contributed by atoms with Gasteiger partial charge in [0.2, 0.25) is 10.9 Å². The number of likely N-dealkylation sites (N-methyl/N-ethyl adjacent to an activating group) is 1. The highest BCUT2D eigenvalue weighted by atomic mass is 32.2. The molecule has 1 fully saturated rings. The van der Waals surface area contributed by atoms with E-state index in [1.807, 2.05) is 19.2 Å². The van der Waals surface area contributed by atoms with Gasteiger partial charge in [0.1, 0.15) is 11.6 Å². The lowest BCUT2D eigenvalue weighted by atomic mass is 9.75. The molecule has 2 aliphatic carbocycles. The van der Waals surface area contributed by atoms with E-state index in [1.54, 1.807) is 12.1 Å². The van der Waals surface area contributed by atoms with Gasteiger partial charge in [-0.15, -0.1) is 0 Å². The third kappa shape index (κ3) is 4.68. The Morgan fingerprint density at radius 1 is 1.20 bits per heavy atom. The highest BCUT2D eigenvalue weighted by Gasteiger charge is 2.37. The maximum absolute atomic E-state index is 13.7. The third-order valence-corrected chi connectivity index (χ3v) is 7.30. The van der Waals surface area contributed by atoms with E-state index >= 15 is 0 Å². The van der Waals surface area contributed by atoms with E-state index in [0.29, 0.717) is 19.1 Å². The Kier molecular flexibility index (Phi) is 6.41. The van der Waals surface area contributed by atoms with Crippen LogP contribution in [0.1, 0.15) is 48.3 Å². The fourth-order valence-corrected chi connectivity index (χ4v) is 5.56. The number of rotatable bonds is 9. The minimum atomic E-state index is -2.60. The summed E-state index contributed by atoms with van der Waals surface area (Å²) in [6.07, 6.45) is 5.15. The highest BCUT2D eigenvalue weighted by molar-refractivity contribution is 7.70. The van der Waals surface area contributed by atoms with Crippen LogP contribution in [-0.4, -0.2) is 33.7 Å². The topological polar surface area (TPSA) is 67.4 Å². The van der Waals surface area contributed by atoms with Crippen molar-refractivity contribution in [2.45, 2.75) is 56.0 Å². The maximum atomic E-state index is 13.7. The second kappa shape index (κ2) is 9.04. The van der Waals surface area contributed by atoms with E-state index in [9.17, 15) is 12.8 Å². The molecule has 2 aliphatic rings. The molecule has 162 valence electrons. The summed E-state index contributed by atoms with van der Waals surface area (Å²) in [5.74, 6) is 0.845. The molecule has 0 radical (unpaired) electrons. The summed E-state index contributed by atoms with van der Waals surface area (Å²) < 4.78 is 44.6. The number of nitrogens with one attached hydrogen (secondary N) is 2. The Labute approximate surface area is 179 Å². The Bertz CT molecular complexity index is 967. The van der Waals surface area contributed by atoms with E-state index in [2.05, 4.69) is 22.2 Å². The average Bonchev–Trinajstić information content (AvgIpc) is 3.03. The largest absolute Gasteiger partial charge is 0.494 e. The van der Waals surface area contributed by atoms with Crippen LogP contribution >= 0.6 is 0 Å². The number of hydrogen-bond acceptors (Lipinski definition) is 4. The van der Waals surface area contributed by atoms with Crippen LogP contribution < -0.4 is 14.8 Å². The lowest BCUT2D eigenvalue weighted by Crippen LogP contribution is -2.51. The molecule has 0 aromatic heterocycles. The predicted octanol–water partition coefficient (Wildman–Crippen LogP) is 3.10. The SMILES string of the molecule is CNC1Cc2ccc(OCCC3(N[SH](=O)=O)CCC3)cc2C1Cc1cccc(F)c1. The molecule has 30 heavy (non-hydrogen) atoms. The van der Waals surface area contributed by atoms with E-state index in [1.165, 1.54) is 17.2 Å². The minimum Gasteiger partial charge on any atom is -0.494 e. The fraction of sp³-hybridized carbons (Fsp3) is 0.478. The van der Waals surface area contributed by atoms with Gasteiger partial charge in [0.15, 0.2) is 0 Å². The van der Waals surface area contributed by atoms with E-state index in [4.69, 9.17) is 4.74 Å². The molecule has 0 saturated heterocycles. The van der Waals surface area contributed by atoms with Gasteiger partial charge in [-0.3, -0.25) is 0 Å². The molecule has 2 aromatic rings. The standard InChI is InChI=1S/C23H29FN2O3S/c1-25-22-14-17-6-7-19(29-11-10-23(8-3-9-23)26-30(27)28)15-20(17)21(22)13-16-4-2-5-18(24)12-16/h2,4-7,12,15,21-22,25,30H,3,8-11,13-14H2,1H3,(H,26,27,28). The smallest absolute Gasteiger partial charge is 0.201 e. The Hall–Kier alpha value is -1.96. The summed E-state index contributed by atoms with van der Waals surface area (Å²) in [7, 11) is -0.626. The molecule has 2 atom stereocenters. The van der Waals surface area contributed by atoms with Gasteiger partial charge in [0.05, 0.1) is 6.61 Å². The molecular formula is C23H29FN2O3S. The first-order chi connectivity index (χ1) is 14.5. The zero-order valence-electron chi connectivity index (χ0n) is 17.2. The predicted molar refractivity (Wildman–Crippen MR) is 116 cm³/mol.